The summed E-state index contributed by atoms with van der Waals surface area (Å²) in [6, 6.07) is 0. The van der Waals surface area contributed by atoms with Crippen molar-refractivity contribution in [1.82, 2.24) is 0 Å². The van der Waals surface area contributed by atoms with Crippen molar-refractivity contribution < 1.29 is 9.47 Å². The van der Waals surface area contributed by atoms with Crippen molar-refractivity contribution in [3.8, 4) is 0 Å². The third kappa shape index (κ3) is 1.20. The lowest BCUT2D eigenvalue weighted by Crippen LogP contribution is -2.13. The van der Waals surface area contributed by atoms with Gasteiger partial charge in [0.25, 0.3) is 0 Å². The Morgan fingerprint density at radius 3 is 2.86 bits per heavy atom. The van der Waals surface area contributed by atoms with Gasteiger partial charge in [0.2, 0.25) is 0 Å². The van der Waals surface area contributed by atoms with Gasteiger partial charge >= 0.3 is 0 Å². The van der Waals surface area contributed by atoms with Crippen LogP contribution in [0.1, 0.15) is 6.92 Å². The van der Waals surface area contributed by atoms with E-state index >= 15 is 0 Å². The Labute approximate surface area is 42.7 Å². The van der Waals surface area contributed by atoms with Crippen LogP contribution >= 0.6 is 0 Å². The van der Waals surface area contributed by atoms with Crippen molar-refractivity contribution in [3.05, 3.63) is 12.3 Å². The molecule has 0 radical (unpaired) electrons. The summed E-state index contributed by atoms with van der Waals surface area (Å²) in [7, 11) is 0. The Morgan fingerprint density at radius 1 is 1.71 bits per heavy atom. The minimum Gasteiger partial charge on any atom is -0.473 e. The van der Waals surface area contributed by atoms with Gasteiger partial charge in [-0.2, -0.15) is 0 Å². The lowest BCUT2D eigenvalue weighted by atomic mass is 10.6. The molecule has 1 unspecified atom stereocenters. The molecule has 40 valence electrons. The summed E-state index contributed by atoms with van der Waals surface area (Å²) in [4.78, 5) is 0. The highest BCUT2D eigenvalue weighted by Crippen LogP contribution is 1.98. The summed E-state index contributed by atoms with van der Waals surface area (Å²) in [5, 5.41) is 0. The fourth-order valence-corrected chi connectivity index (χ4v) is 0.436. The standard InChI is InChI=1S/C5H8O2/c1-5-6-3-2-4-7-5/h2-3,5H,4H2,1H3. The van der Waals surface area contributed by atoms with Crippen LogP contribution in [0, 0.1) is 0 Å². The molecule has 0 bridgehead atoms. The minimum absolute atomic E-state index is 0.0509. The van der Waals surface area contributed by atoms with E-state index in [0.717, 1.165) is 0 Å². The van der Waals surface area contributed by atoms with Crippen molar-refractivity contribution in [2.75, 3.05) is 6.61 Å². The van der Waals surface area contributed by atoms with Gasteiger partial charge in [0, 0.05) is 0 Å². The summed E-state index contributed by atoms with van der Waals surface area (Å²) in [5.41, 5.74) is 0. The highest BCUT2D eigenvalue weighted by atomic mass is 16.7. The Hall–Kier alpha value is -0.500. The maximum absolute atomic E-state index is 4.97. The average molecular weight is 100 g/mol. The first-order valence-electron chi connectivity index (χ1n) is 2.31. The lowest BCUT2D eigenvalue weighted by molar-refractivity contribution is -0.0968. The number of ether oxygens (including phenoxy) is 2. The molecular weight excluding hydrogens is 92.1 g/mol. The minimum atomic E-state index is -0.0509. The molecule has 1 atom stereocenters. The zero-order valence-corrected chi connectivity index (χ0v) is 4.26. The first kappa shape index (κ1) is 4.65. The van der Waals surface area contributed by atoms with Crippen LogP contribution < -0.4 is 0 Å². The first-order chi connectivity index (χ1) is 3.39. The molecule has 0 aromatic heterocycles. The Kier molecular flexibility index (Phi) is 1.32. The van der Waals surface area contributed by atoms with Gasteiger partial charge < -0.3 is 9.47 Å². The van der Waals surface area contributed by atoms with Gasteiger partial charge in [-0.15, -0.1) is 0 Å². The molecule has 0 N–H and O–H groups in total. The van der Waals surface area contributed by atoms with Gasteiger partial charge in [-0.1, -0.05) is 0 Å². The SMILES string of the molecule is CC1OC=CCO1. The second-order valence-corrected chi connectivity index (χ2v) is 1.41. The van der Waals surface area contributed by atoms with Crippen LogP contribution in [-0.4, -0.2) is 12.9 Å². The van der Waals surface area contributed by atoms with E-state index in [2.05, 4.69) is 0 Å². The van der Waals surface area contributed by atoms with Crippen molar-refractivity contribution >= 4 is 0 Å². The number of hydrogen-bond acceptors (Lipinski definition) is 2. The van der Waals surface area contributed by atoms with Crippen LogP contribution in [-0.2, 0) is 9.47 Å². The summed E-state index contributed by atoms with van der Waals surface area (Å²) in [5.74, 6) is 0. The molecule has 0 fully saturated rings. The molecular formula is C5H8O2. The van der Waals surface area contributed by atoms with Crippen LogP contribution in [0.5, 0.6) is 0 Å². The molecule has 0 amide bonds. The normalized spacial score (nSPS) is 29.6. The van der Waals surface area contributed by atoms with Crippen LogP contribution in [0.25, 0.3) is 0 Å². The molecule has 1 rings (SSSR count). The molecule has 7 heavy (non-hydrogen) atoms. The monoisotopic (exact) mass is 100 g/mol. The highest BCUT2D eigenvalue weighted by molar-refractivity contribution is 4.75. The highest BCUT2D eigenvalue weighted by Gasteiger charge is 2.00. The maximum atomic E-state index is 4.97. The van der Waals surface area contributed by atoms with Gasteiger partial charge in [-0.25, -0.2) is 0 Å². The summed E-state index contributed by atoms with van der Waals surface area (Å²) in [6.45, 7) is 2.55. The Bertz CT molecular complexity index is 78.1. The van der Waals surface area contributed by atoms with Crippen molar-refractivity contribution in [2.24, 2.45) is 0 Å². The molecule has 0 aliphatic carbocycles. The fraction of sp³-hybridized carbons (Fsp3) is 0.600. The Morgan fingerprint density at radius 2 is 2.57 bits per heavy atom. The summed E-state index contributed by atoms with van der Waals surface area (Å²) in [6.07, 6.45) is 3.44. The van der Waals surface area contributed by atoms with Crippen molar-refractivity contribution in [3.63, 3.8) is 0 Å². The van der Waals surface area contributed by atoms with Gasteiger partial charge in [0.1, 0.15) is 0 Å². The van der Waals surface area contributed by atoms with Crippen LogP contribution in [0.3, 0.4) is 0 Å². The quantitative estimate of drug-likeness (QED) is 0.450. The molecule has 2 heteroatoms. The molecule has 0 aromatic rings. The molecule has 0 aromatic carbocycles. The summed E-state index contributed by atoms with van der Waals surface area (Å²) < 4.78 is 9.84. The van der Waals surface area contributed by atoms with E-state index < -0.39 is 0 Å². The number of hydrogen-bond donors (Lipinski definition) is 0. The smallest absolute Gasteiger partial charge is 0.196 e. The van der Waals surface area contributed by atoms with E-state index in [1.54, 1.807) is 6.26 Å². The van der Waals surface area contributed by atoms with Gasteiger partial charge in [-0.05, 0) is 13.0 Å². The van der Waals surface area contributed by atoms with E-state index in [1.165, 1.54) is 0 Å². The largest absolute Gasteiger partial charge is 0.473 e. The molecule has 1 heterocycles. The van der Waals surface area contributed by atoms with E-state index in [4.69, 9.17) is 9.47 Å². The third-order valence-corrected chi connectivity index (χ3v) is 0.794. The molecule has 1 aliphatic rings. The van der Waals surface area contributed by atoms with Crippen molar-refractivity contribution in [2.45, 2.75) is 13.2 Å². The molecule has 2 nitrogen and oxygen atoms in total. The van der Waals surface area contributed by atoms with Gasteiger partial charge in [0.05, 0.1) is 12.9 Å². The van der Waals surface area contributed by atoms with Gasteiger partial charge in [-0.3, -0.25) is 0 Å². The molecule has 0 saturated carbocycles. The van der Waals surface area contributed by atoms with Crippen LogP contribution in [0.15, 0.2) is 12.3 Å². The molecule has 0 spiro atoms. The van der Waals surface area contributed by atoms with E-state index in [1.807, 2.05) is 13.0 Å². The van der Waals surface area contributed by atoms with E-state index in [0.29, 0.717) is 6.61 Å². The lowest BCUT2D eigenvalue weighted by Gasteiger charge is -2.14. The molecule has 0 saturated heterocycles. The molecule has 1 aliphatic heterocycles. The van der Waals surface area contributed by atoms with E-state index in [-0.39, 0.29) is 6.29 Å². The van der Waals surface area contributed by atoms with Crippen molar-refractivity contribution in [1.29, 1.82) is 0 Å². The number of rotatable bonds is 0. The second-order valence-electron chi connectivity index (χ2n) is 1.41. The average Bonchev–Trinajstić information content (AvgIpc) is 1.69. The Balaban J connectivity index is 2.32. The van der Waals surface area contributed by atoms with Crippen LogP contribution in [0.4, 0.5) is 0 Å². The fourth-order valence-electron chi connectivity index (χ4n) is 0.436. The first-order valence-corrected chi connectivity index (χ1v) is 2.31. The topological polar surface area (TPSA) is 18.5 Å². The van der Waals surface area contributed by atoms with Gasteiger partial charge in [0.15, 0.2) is 6.29 Å². The maximum Gasteiger partial charge on any atom is 0.196 e. The predicted octanol–water partition coefficient (Wildman–Crippen LogP) is 0.893. The summed E-state index contributed by atoms with van der Waals surface area (Å²) >= 11 is 0. The predicted molar refractivity (Wildman–Crippen MR) is 25.6 cm³/mol. The third-order valence-electron chi connectivity index (χ3n) is 0.794. The zero-order valence-electron chi connectivity index (χ0n) is 4.26. The van der Waals surface area contributed by atoms with E-state index in [9.17, 15) is 0 Å². The van der Waals surface area contributed by atoms with Crippen LogP contribution in [0.2, 0.25) is 0 Å². The zero-order chi connectivity index (χ0) is 5.11. The second kappa shape index (κ2) is 1.98.